The van der Waals surface area contributed by atoms with E-state index in [2.05, 4.69) is 9.97 Å². The number of rotatable bonds is 3. The van der Waals surface area contributed by atoms with Gasteiger partial charge < -0.3 is 4.74 Å². The van der Waals surface area contributed by atoms with Crippen LogP contribution in [0.15, 0.2) is 12.3 Å². The predicted molar refractivity (Wildman–Crippen MR) is 77.0 cm³/mol. The van der Waals surface area contributed by atoms with Crippen molar-refractivity contribution in [3.8, 4) is 0 Å². The second-order valence-electron chi connectivity index (χ2n) is 5.42. The SMILES string of the molecule is Cc1ccnc(C2CCN(S(=O)(=O)N3CCOCC3)C2)n1. The van der Waals surface area contributed by atoms with Crippen molar-refractivity contribution in [2.75, 3.05) is 39.4 Å². The molecule has 21 heavy (non-hydrogen) atoms. The molecule has 0 bridgehead atoms. The van der Waals surface area contributed by atoms with Crippen LogP contribution >= 0.6 is 0 Å². The third-order valence-electron chi connectivity index (χ3n) is 3.95. The van der Waals surface area contributed by atoms with Crippen molar-refractivity contribution in [3.05, 3.63) is 23.8 Å². The molecule has 2 saturated heterocycles. The zero-order chi connectivity index (χ0) is 14.9. The Morgan fingerprint density at radius 3 is 2.71 bits per heavy atom. The summed E-state index contributed by atoms with van der Waals surface area (Å²) in [5, 5.41) is 0. The van der Waals surface area contributed by atoms with Gasteiger partial charge in [-0.2, -0.15) is 17.0 Å². The van der Waals surface area contributed by atoms with Gasteiger partial charge in [0, 0.05) is 44.0 Å². The molecule has 0 saturated carbocycles. The predicted octanol–water partition coefficient (Wildman–Crippen LogP) is 0.151. The maximum Gasteiger partial charge on any atom is 0.282 e. The molecule has 0 aliphatic carbocycles. The van der Waals surface area contributed by atoms with E-state index < -0.39 is 10.2 Å². The van der Waals surface area contributed by atoms with Crippen molar-refractivity contribution < 1.29 is 13.2 Å². The number of hydrogen-bond donors (Lipinski definition) is 0. The molecule has 3 heterocycles. The molecule has 0 radical (unpaired) electrons. The summed E-state index contributed by atoms with van der Waals surface area (Å²) in [6.07, 6.45) is 2.50. The summed E-state index contributed by atoms with van der Waals surface area (Å²) >= 11 is 0. The second kappa shape index (κ2) is 5.96. The van der Waals surface area contributed by atoms with Gasteiger partial charge in [-0.1, -0.05) is 0 Å². The molecular formula is C13H20N4O3S. The average molecular weight is 312 g/mol. The Morgan fingerprint density at radius 1 is 1.24 bits per heavy atom. The number of nitrogens with zero attached hydrogens (tertiary/aromatic N) is 4. The van der Waals surface area contributed by atoms with E-state index in [9.17, 15) is 8.42 Å². The quantitative estimate of drug-likeness (QED) is 0.794. The summed E-state index contributed by atoms with van der Waals surface area (Å²) in [5.74, 6) is 0.829. The molecular weight excluding hydrogens is 292 g/mol. The van der Waals surface area contributed by atoms with Gasteiger partial charge in [-0.25, -0.2) is 9.97 Å². The van der Waals surface area contributed by atoms with Crippen LogP contribution in [0.25, 0.3) is 0 Å². The maximum atomic E-state index is 12.6. The first-order chi connectivity index (χ1) is 10.1. The van der Waals surface area contributed by atoms with Crippen LogP contribution in [0, 0.1) is 6.92 Å². The monoisotopic (exact) mass is 312 g/mol. The molecule has 0 spiro atoms. The van der Waals surface area contributed by atoms with E-state index in [0.717, 1.165) is 17.9 Å². The van der Waals surface area contributed by atoms with E-state index in [1.165, 1.54) is 4.31 Å². The Labute approximate surface area is 125 Å². The second-order valence-corrected chi connectivity index (χ2v) is 7.35. The van der Waals surface area contributed by atoms with E-state index in [4.69, 9.17) is 4.74 Å². The minimum absolute atomic E-state index is 0.0840. The lowest BCUT2D eigenvalue weighted by molar-refractivity contribution is 0.0705. The minimum Gasteiger partial charge on any atom is -0.379 e. The Balaban J connectivity index is 1.71. The normalized spacial score (nSPS) is 25.3. The van der Waals surface area contributed by atoms with Crippen molar-refractivity contribution in [1.29, 1.82) is 0 Å². The van der Waals surface area contributed by atoms with Crippen molar-refractivity contribution in [2.45, 2.75) is 19.3 Å². The van der Waals surface area contributed by atoms with Crippen LogP contribution in [0.5, 0.6) is 0 Å². The van der Waals surface area contributed by atoms with Gasteiger partial charge in [-0.3, -0.25) is 0 Å². The molecule has 1 aromatic rings. The minimum atomic E-state index is -3.38. The summed E-state index contributed by atoms with van der Waals surface area (Å²) < 4.78 is 33.5. The number of morpholine rings is 1. The summed E-state index contributed by atoms with van der Waals surface area (Å²) in [5.41, 5.74) is 0.912. The molecule has 3 rings (SSSR count). The lowest BCUT2D eigenvalue weighted by Gasteiger charge is -2.30. The van der Waals surface area contributed by atoms with E-state index >= 15 is 0 Å². The standard InChI is InChI=1S/C13H20N4O3S/c1-11-2-4-14-13(15-11)12-3-5-17(10-12)21(18,19)16-6-8-20-9-7-16/h2,4,12H,3,5-10H2,1H3. The fourth-order valence-electron chi connectivity index (χ4n) is 2.75. The van der Waals surface area contributed by atoms with E-state index in [-0.39, 0.29) is 5.92 Å². The van der Waals surface area contributed by atoms with Crippen molar-refractivity contribution in [3.63, 3.8) is 0 Å². The van der Waals surface area contributed by atoms with Gasteiger partial charge >= 0.3 is 0 Å². The van der Waals surface area contributed by atoms with Gasteiger partial charge in [-0.05, 0) is 19.4 Å². The highest BCUT2D eigenvalue weighted by Crippen LogP contribution is 2.28. The Bertz CT molecular complexity index is 601. The molecule has 0 aromatic carbocycles. The lowest BCUT2D eigenvalue weighted by Crippen LogP contribution is -2.47. The first-order valence-corrected chi connectivity index (χ1v) is 8.59. The first kappa shape index (κ1) is 14.8. The molecule has 1 aromatic heterocycles. The molecule has 2 fully saturated rings. The number of aryl methyl sites for hydroxylation is 1. The van der Waals surface area contributed by atoms with Crippen LogP contribution in [0.1, 0.15) is 23.9 Å². The highest BCUT2D eigenvalue weighted by atomic mass is 32.2. The van der Waals surface area contributed by atoms with Crippen LogP contribution in [0.2, 0.25) is 0 Å². The lowest BCUT2D eigenvalue weighted by atomic mass is 10.1. The van der Waals surface area contributed by atoms with Gasteiger partial charge in [0.1, 0.15) is 5.82 Å². The Hall–Kier alpha value is -1.09. The molecule has 1 unspecified atom stereocenters. The van der Waals surface area contributed by atoms with Crippen molar-refractivity contribution in [2.24, 2.45) is 0 Å². The third kappa shape index (κ3) is 3.08. The van der Waals surface area contributed by atoms with Crippen LogP contribution in [-0.2, 0) is 14.9 Å². The third-order valence-corrected chi connectivity index (χ3v) is 5.95. The topological polar surface area (TPSA) is 75.6 Å². The zero-order valence-corrected chi connectivity index (χ0v) is 12.9. The van der Waals surface area contributed by atoms with Gasteiger partial charge in [0.25, 0.3) is 10.2 Å². The van der Waals surface area contributed by atoms with Crippen LogP contribution in [0.3, 0.4) is 0 Å². The Kier molecular flexibility index (Phi) is 4.21. The largest absolute Gasteiger partial charge is 0.379 e. The van der Waals surface area contributed by atoms with Gasteiger partial charge in [0.15, 0.2) is 0 Å². The molecule has 2 aliphatic heterocycles. The average Bonchev–Trinajstić information content (AvgIpc) is 2.99. The smallest absolute Gasteiger partial charge is 0.282 e. The summed E-state index contributed by atoms with van der Waals surface area (Å²) in [4.78, 5) is 8.70. The van der Waals surface area contributed by atoms with Crippen LogP contribution in [-0.4, -0.2) is 66.4 Å². The van der Waals surface area contributed by atoms with Gasteiger partial charge in [0.05, 0.1) is 13.2 Å². The zero-order valence-electron chi connectivity index (χ0n) is 12.1. The van der Waals surface area contributed by atoms with Crippen molar-refractivity contribution >= 4 is 10.2 Å². The van der Waals surface area contributed by atoms with Gasteiger partial charge in [-0.15, -0.1) is 0 Å². The summed E-state index contributed by atoms with van der Waals surface area (Å²) in [6.45, 7) is 4.72. The molecule has 2 aliphatic rings. The number of hydrogen-bond acceptors (Lipinski definition) is 5. The summed E-state index contributed by atoms with van der Waals surface area (Å²) in [6, 6.07) is 1.85. The highest BCUT2D eigenvalue weighted by Gasteiger charge is 2.37. The molecule has 1 atom stereocenters. The molecule has 116 valence electrons. The maximum absolute atomic E-state index is 12.6. The summed E-state index contributed by atoms with van der Waals surface area (Å²) in [7, 11) is -3.38. The Morgan fingerprint density at radius 2 is 2.00 bits per heavy atom. The van der Waals surface area contributed by atoms with E-state index in [1.807, 2.05) is 13.0 Å². The number of ether oxygens (including phenoxy) is 1. The fourth-order valence-corrected chi connectivity index (χ4v) is 4.40. The molecule has 0 amide bonds. The fraction of sp³-hybridized carbons (Fsp3) is 0.692. The first-order valence-electron chi connectivity index (χ1n) is 7.20. The van der Waals surface area contributed by atoms with Crippen molar-refractivity contribution in [1.82, 2.24) is 18.6 Å². The van der Waals surface area contributed by atoms with Crippen LogP contribution < -0.4 is 0 Å². The molecule has 8 heteroatoms. The van der Waals surface area contributed by atoms with Crippen LogP contribution in [0.4, 0.5) is 0 Å². The number of aromatic nitrogens is 2. The van der Waals surface area contributed by atoms with E-state index in [1.54, 1.807) is 10.5 Å². The highest BCUT2D eigenvalue weighted by molar-refractivity contribution is 7.86. The van der Waals surface area contributed by atoms with Gasteiger partial charge in [0.2, 0.25) is 0 Å². The molecule has 7 nitrogen and oxygen atoms in total. The van der Waals surface area contributed by atoms with E-state index in [0.29, 0.717) is 39.4 Å². The molecule has 0 N–H and O–H groups in total.